The highest BCUT2D eigenvalue weighted by Crippen LogP contribution is 2.27. The van der Waals surface area contributed by atoms with Crippen molar-refractivity contribution in [2.24, 2.45) is 5.92 Å². The molecule has 0 spiro atoms. The molecule has 3 heterocycles. The molecule has 4 rings (SSSR count). The van der Waals surface area contributed by atoms with Crippen LogP contribution in [0.25, 0.3) is 0 Å². The van der Waals surface area contributed by atoms with Crippen LogP contribution in [0.15, 0.2) is 36.5 Å². The number of nitrogens with zero attached hydrogens (tertiary/aromatic N) is 5. The van der Waals surface area contributed by atoms with Gasteiger partial charge in [0.1, 0.15) is 12.4 Å². The molecule has 2 aliphatic rings. The monoisotopic (exact) mass is 452 g/mol. The average molecular weight is 453 g/mol. The van der Waals surface area contributed by atoms with Crippen molar-refractivity contribution >= 4 is 17.9 Å². The molecule has 1 amide bonds. The van der Waals surface area contributed by atoms with Crippen LogP contribution >= 0.6 is 0 Å². The Hall–Kier alpha value is -2.71. The van der Waals surface area contributed by atoms with Gasteiger partial charge < -0.3 is 15.0 Å². The van der Waals surface area contributed by atoms with Crippen molar-refractivity contribution in [3.05, 3.63) is 47.7 Å². The van der Waals surface area contributed by atoms with Crippen molar-refractivity contribution in [2.45, 2.75) is 45.8 Å². The lowest BCUT2D eigenvalue weighted by atomic mass is 10.0. The number of cyclic esters (lactones) is 1. The number of nitrogens with one attached hydrogen (secondary N) is 1. The van der Waals surface area contributed by atoms with Crippen molar-refractivity contribution in [1.29, 1.82) is 0 Å². The van der Waals surface area contributed by atoms with Gasteiger partial charge in [0.25, 0.3) is 0 Å². The number of hydrogen-bond donors (Lipinski definition) is 1. The van der Waals surface area contributed by atoms with E-state index >= 15 is 0 Å². The fraction of sp³-hybridized carbons (Fsp3) is 0.560. The van der Waals surface area contributed by atoms with Gasteiger partial charge in [0.05, 0.1) is 12.1 Å². The first-order chi connectivity index (χ1) is 15.9. The Morgan fingerprint density at radius 3 is 2.64 bits per heavy atom. The molecule has 8 heteroatoms. The van der Waals surface area contributed by atoms with Crippen LogP contribution in [0.2, 0.25) is 0 Å². The molecule has 8 nitrogen and oxygen atoms in total. The number of aromatic nitrogens is 2. The maximum absolute atomic E-state index is 12.3. The van der Waals surface area contributed by atoms with E-state index < -0.39 is 0 Å². The lowest BCUT2D eigenvalue weighted by molar-refractivity contribution is 0.177. The fourth-order valence-electron chi connectivity index (χ4n) is 4.45. The van der Waals surface area contributed by atoms with Crippen LogP contribution < -0.4 is 10.2 Å². The molecule has 0 bridgehead atoms. The summed E-state index contributed by atoms with van der Waals surface area (Å²) < 4.78 is 5.26. The van der Waals surface area contributed by atoms with E-state index in [-0.39, 0.29) is 24.1 Å². The molecule has 2 aliphatic heterocycles. The normalized spacial score (nSPS) is 21.2. The van der Waals surface area contributed by atoms with Gasteiger partial charge in [-0.1, -0.05) is 38.1 Å². The minimum Gasteiger partial charge on any atom is -0.447 e. The lowest BCUT2D eigenvalue weighted by Crippen LogP contribution is -2.37. The summed E-state index contributed by atoms with van der Waals surface area (Å²) in [5.41, 5.74) is 2.50. The van der Waals surface area contributed by atoms with Crippen LogP contribution in [0.5, 0.6) is 0 Å². The van der Waals surface area contributed by atoms with Crippen molar-refractivity contribution in [3.8, 4) is 0 Å². The molecule has 2 aromatic rings. The SMILES string of the molecule is CC(Nc1nccc(N2C(=O)OCC2C(C)C)n1)c1ccc(CN2CCCN(C)CC2)cc1. The highest BCUT2D eigenvalue weighted by Gasteiger charge is 2.37. The summed E-state index contributed by atoms with van der Waals surface area (Å²) in [4.78, 5) is 27.8. The number of hydrogen-bond acceptors (Lipinski definition) is 7. The van der Waals surface area contributed by atoms with Crippen molar-refractivity contribution in [3.63, 3.8) is 0 Å². The summed E-state index contributed by atoms with van der Waals surface area (Å²) in [6.07, 6.45) is 2.56. The molecule has 1 N–H and O–H groups in total. The van der Waals surface area contributed by atoms with E-state index in [2.05, 4.69) is 77.2 Å². The summed E-state index contributed by atoms with van der Waals surface area (Å²) in [6.45, 7) is 12.2. The second-order valence-electron chi connectivity index (χ2n) is 9.54. The zero-order valence-corrected chi connectivity index (χ0v) is 20.2. The zero-order valence-electron chi connectivity index (χ0n) is 20.2. The Morgan fingerprint density at radius 2 is 1.88 bits per heavy atom. The summed E-state index contributed by atoms with van der Waals surface area (Å²) >= 11 is 0. The zero-order chi connectivity index (χ0) is 23.4. The molecule has 1 aromatic carbocycles. The Labute approximate surface area is 196 Å². The van der Waals surface area contributed by atoms with E-state index in [0.717, 1.165) is 26.2 Å². The van der Waals surface area contributed by atoms with E-state index in [1.165, 1.54) is 24.1 Å². The number of rotatable bonds is 7. The Balaban J connectivity index is 1.39. The molecular formula is C25H36N6O2. The van der Waals surface area contributed by atoms with Crippen LogP contribution in [0.1, 0.15) is 44.4 Å². The standard InChI is InChI=1S/C25H36N6O2/c1-18(2)22-17-33-25(32)31(22)23-10-11-26-24(28-23)27-19(3)21-8-6-20(7-9-21)16-30-13-5-12-29(4)14-15-30/h6-11,18-19,22H,5,12-17H2,1-4H3,(H,26,27,28). The number of likely N-dealkylation sites (N-methyl/N-ethyl adjacent to an activating group) is 1. The van der Waals surface area contributed by atoms with Crippen molar-refractivity contribution in [2.75, 3.05) is 50.1 Å². The minimum atomic E-state index is -0.349. The van der Waals surface area contributed by atoms with Crippen molar-refractivity contribution in [1.82, 2.24) is 19.8 Å². The van der Waals surface area contributed by atoms with Crippen molar-refractivity contribution < 1.29 is 9.53 Å². The Morgan fingerprint density at radius 1 is 1.09 bits per heavy atom. The van der Waals surface area contributed by atoms with Gasteiger partial charge in [-0.2, -0.15) is 4.98 Å². The first-order valence-corrected chi connectivity index (χ1v) is 12.0. The van der Waals surface area contributed by atoms with E-state index in [1.54, 1.807) is 17.2 Å². The molecule has 33 heavy (non-hydrogen) atoms. The van der Waals surface area contributed by atoms with Gasteiger partial charge in [0, 0.05) is 25.8 Å². The number of anilines is 2. The number of amides is 1. The molecule has 0 saturated carbocycles. The van der Waals surface area contributed by atoms with Crippen LogP contribution in [0, 0.1) is 5.92 Å². The van der Waals surface area contributed by atoms with Gasteiger partial charge in [0.15, 0.2) is 0 Å². The predicted octanol–water partition coefficient (Wildman–Crippen LogP) is 3.77. The highest BCUT2D eigenvalue weighted by atomic mass is 16.6. The molecule has 2 fully saturated rings. The summed E-state index contributed by atoms with van der Waals surface area (Å²) in [5, 5.41) is 3.38. The third-order valence-corrected chi connectivity index (χ3v) is 6.61. The second-order valence-corrected chi connectivity index (χ2v) is 9.54. The van der Waals surface area contributed by atoms with Gasteiger partial charge in [-0.25, -0.2) is 9.78 Å². The minimum absolute atomic E-state index is 0.0187. The predicted molar refractivity (Wildman–Crippen MR) is 130 cm³/mol. The van der Waals surface area contributed by atoms with Gasteiger partial charge in [-0.3, -0.25) is 9.80 Å². The molecule has 2 saturated heterocycles. The van der Waals surface area contributed by atoms with E-state index in [0.29, 0.717) is 18.4 Å². The molecule has 0 aliphatic carbocycles. The van der Waals surface area contributed by atoms with Gasteiger partial charge >= 0.3 is 6.09 Å². The third kappa shape index (κ3) is 5.81. The van der Waals surface area contributed by atoms with Crippen LogP contribution in [0.3, 0.4) is 0 Å². The van der Waals surface area contributed by atoms with Gasteiger partial charge in [-0.05, 0) is 56.6 Å². The number of benzene rings is 1. The maximum atomic E-state index is 12.3. The van der Waals surface area contributed by atoms with Crippen LogP contribution in [0.4, 0.5) is 16.6 Å². The van der Waals surface area contributed by atoms with E-state index in [9.17, 15) is 4.79 Å². The molecule has 2 atom stereocenters. The second kappa shape index (κ2) is 10.5. The quantitative estimate of drug-likeness (QED) is 0.685. The Bertz CT molecular complexity index is 935. The van der Waals surface area contributed by atoms with Gasteiger partial charge in [-0.15, -0.1) is 0 Å². The summed E-state index contributed by atoms with van der Waals surface area (Å²) in [6, 6.07) is 10.6. The molecule has 1 aromatic heterocycles. The van der Waals surface area contributed by atoms with E-state index in [4.69, 9.17) is 4.74 Å². The lowest BCUT2D eigenvalue weighted by Gasteiger charge is -2.24. The molecular weight excluding hydrogens is 416 g/mol. The van der Waals surface area contributed by atoms with Crippen LogP contribution in [-0.2, 0) is 11.3 Å². The first-order valence-electron chi connectivity index (χ1n) is 12.0. The first kappa shape index (κ1) is 23.4. The maximum Gasteiger partial charge on any atom is 0.415 e. The van der Waals surface area contributed by atoms with Crippen LogP contribution in [-0.4, -0.2) is 71.7 Å². The Kier molecular flexibility index (Phi) is 7.45. The smallest absolute Gasteiger partial charge is 0.415 e. The van der Waals surface area contributed by atoms with Gasteiger partial charge in [0.2, 0.25) is 5.95 Å². The fourth-order valence-corrected chi connectivity index (χ4v) is 4.45. The highest BCUT2D eigenvalue weighted by molar-refractivity contribution is 5.89. The topological polar surface area (TPSA) is 73.8 Å². The summed E-state index contributed by atoms with van der Waals surface area (Å²) in [5.74, 6) is 1.34. The molecule has 2 unspecified atom stereocenters. The number of ether oxygens (including phenoxy) is 1. The third-order valence-electron chi connectivity index (χ3n) is 6.61. The summed E-state index contributed by atoms with van der Waals surface area (Å²) in [7, 11) is 2.20. The van der Waals surface area contributed by atoms with E-state index in [1.807, 2.05) is 0 Å². The molecule has 178 valence electrons. The molecule has 0 radical (unpaired) electrons. The number of carbonyl (C=O) groups excluding carboxylic acids is 1. The largest absolute Gasteiger partial charge is 0.447 e. The number of carbonyl (C=O) groups is 1. The average Bonchev–Trinajstić information content (AvgIpc) is 3.08.